The van der Waals surface area contributed by atoms with Crippen molar-refractivity contribution in [3.8, 4) is 0 Å². The highest BCUT2D eigenvalue weighted by atomic mass is 16.2. The van der Waals surface area contributed by atoms with Gasteiger partial charge in [-0.25, -0.2) is 0 Å². The average molecular weight is 287 g/mol. The normalized spacial score (nSPS) is 23.6. The smallest absolute Gasteiger partial charge is 0.249 e. The van der Waals surface area contributed by atoms with Crippen molar-refractivity contribution in [2.24, 2.45) is 5.73 Å². The second kappa shape index (κ2) is 6.54. The summed E-state index contributed by atoms with van der Waals surface area (Å²) in [6.45, 7) is 1.59. The third kappa shape index (κ3) is 3.49. The van der Waals surface area contributed by atoms with Gasteiger partial charge in [-0.2, -0.15) is 0 Å². The maximum absolute atomic E-state index is 12.5. The van der Waals surface area contributed by atoms with Crippen LogP contribution in [0.15, 0.2) is 42.5 Å². The number of nitrogens with two attached hydrogens (primary N) is 1. The average Bonchev–Trinajstić information content (AvgIpc) is 2.61. The van der Waals surface area contributed by atoms with Gasteiger partial charge in [-0.3, -0.25) is 9.59 Å². The second-order valence-electron chi connectivity index (χ2n) is 5.31. The minimum Gasteiger partial charge on any atom is -0.340 e. The van der Waals surface area contributed by atoms with Crippen LogP contribution >= 0.6 is 0 Å². The van der Waals surface area contributed by atoms with Crippen molar-refractivity contribution in [1.82, 2.24) is 10.2 Å². The summed E-state index contributed by atoms with van der Waals surface area (Å²) >= 11 is 0. The lowest BCUT2D eigenvalue weighted by molar-refractivity contribution is -0.135. The number of nitrogens with zero attached hydrogens (tertiary/aromatic N) is 1. The summed E-state index contributed by atoms with van der Waals surface area (Å²) in [6, 6.07) is 8.56. The van der Waals surface area contributed by atoms with Gasteiger partial charge in [0, 0.05) is 7.05 Å². The summed E-state index contributed by atoms with van der Waals surface area (Å²) in [7, 11) is 1.76. The van der Waals surface area contributed by atoms with Crippen LogP contribution < -0.4 is 11.1 Å². The van der Waals surface area contributed by atoms with Crippen LogP contribution in [0.2, 0.25) is 0 Å². The van der Waals surface area contributed by atoms with Crippen LogP contribution in [0.4, 0.5) is 0 Å². The zero-order valence-corrected chi connectivity index (χ0v) is 12.3. The molecule has 0 radical (unpaired) electrons. The van der Waals surface area contributed by atoms with Gasteiger partial charge in [0.2, 0.25) is 11.8 Å². The zero-order valence-electron chi connectivity index (χ0n) is 12.3. The summed E-state index contributed by atoms with van der Waals surface area (Å²) in [4.78, 5) is 25.9. The topological polar surface area (TPSA) is 75.4 Å². The Labute approximate surface area is 124 Å². The highest BCUT2D eigenvalue weighted by molar-refractivity contribution is 5.91. The van der Waals surface area contributed by atoms with Gasteiger partial charge >= 0.3 is 0 Å². The molecule has 0 bridgehead atoms. The van der Waals surface area contributed by atoms with E-state index in [1.54, 1.807) is 24.9 Å². The molecule has 1 aliphatic rings. The van der Waals surface area contributed by atoms with Crippen LogP contribution in [0.5, 0.6) is 0 Å². The maximum atomic E-state index is 12.5. The van der Waals surface area contributed by atoms with Gasteiger partial charge in [0.1, 0.15) is 6.04 Å². The number of amides is 2. The van der Waals surface area contributed by atoms with E-state index in [9.17, 15) is 9.59 Å². The van der Waals surface area contributed by atoms with Gasteiger partial charge in [-0.15, -0.1) is 0 Å². The minimum absolute atomic E-state index is 0.0212. The van der Waals surface area contributed by atoms with E-state index < -0.39 is 12.1 Å². The molecule has 3 atom stereocenters. The first-order chi connectivity index (χ1) is 10.0. The monoisotopic (exact) mass is 287 g/mol. The Morgan fingerprint density at radius 3 is 2.67 bits per heavy atom. The third-order valence-corrected chi connectivity index (χ3v) is 3.66. The van der Waals surface area contributed by atoms with E-state index in [0.29, 0.717) is 0 Å². The SMILES string of the molecule is C[C@H](N)C(=O)N[C@H]1C=CC[C@H](c2ccccc2)N(C)C1=O. The Balaban J connectivity index is 2.16. The summed E-state index contributed by atoms with van der Waals surface area (Å²) in [5, 5.41) is 2.67. The van der Waals surface area contributed by atoms with Crippen molar-refractivity contribution in [3.05, 3.63) is 48.0 Å². The molecule has 3 N–H and O–H groups in total. The molecule has 0 spiro atoms. The summed E-state index contributed by atoms with van der Waals surface area (Å²) in [6.07, 6.45) is 4.39. The molecule has 0 fully saturated rings. The van der Waals surface area contributed by atoms with Gasteiger partial charge in [0.05, 0.1) is 12.1 Å². The lowest BCUT2D eigenvalue weighted by Gasteiger charge is -2.28. The lowest BCUT2D eigenvalue weighted by atomic mass is 10.0. The van der Waals surface area contributed by atoms with Crippen molar-refractivity contribution in [2.75, 3.05) is 7.05 Å². The molecule has 0 unspecified atom stereocenters. The number of carbonyl (C=O) groups excluding carboxylic acids is 2. The summed E-state index contributed by atoms with van der Waals surface area (Å²) < 4.78 is 0. The fourth-order valence-corrected chi connectivity index (χ4v) is 2.39. The number of benzene rings is 1. The molecule has 0 aromatic heterocycles. The van der Waals surface area contributed by atoms with Crippen molar-refractivity contribution in [1.29, 1.82) is 0 Å². The zero-order chi connectivity index (χ0) is 15.4. The van der Waals surface area contributed by atoms with Crippen molar-refractivity contribution >= 4 is 11.8 Å². The number of rotatable bonds is 3. The largest absolute Gasteiger partial charge is 0.340 e. The lowest BCUT2D eigenvalue weighted by Crippen LogP contribution is -2.50. The van der Waals surface area contributed by atoms with E-state index in [-0.39, 0.29) is 17.9 Å². The molecule has 1 aromatic rings. The third-order valence-electron chi connectivity index (χ3n) is 3.66. The Morgan fingerprint density at radius 1 is 1.38 bits per heavy atom. The quantitative estimate of drug-likeness (QED) is 0.814. The van der Waals surface area contributed by atoms with E-state index in [0.717, 1.165) is 12.0 Å². The second-order valence-corrected chi connectivity index (χ2v) is 5.31. The molecule has 2 rings (SSSR count). The Hall–Kier alpha value is -2.14. The molecule has 0 saturated carbocycles. The Kier molecular flexibility index (Phi) is 4.75. The Morgan fingerprint density at radius 2 is 2.05 bits per heavy atom. The highest BCUT2D eigenvalue weighted by Crippen LogP contribution is 2.26. The number of likely N-dealkylation sites (N-methyl/N-ethyl adjacent to an activating group) is 1. The van der Waals surface area contributed by atoms with Crippen LogP contribution in [0, 0.1) is 0 Å². The van der Waals surface area contributed by atoms with Crippen molar-refractivity contribution < 1.29 is 9.59 Å². The van der Waals surface area contributed by atoms with Gasteiger partial charge in [0.25, 0.3) is 0 Å². The van der Waals surface area contributed by atoms with Gasteiger partial charge in [-0.05, 0) is 18.9 Å². The molecule has 5 nitrogen and oxygen atoms in total. The van der Waals surface area contributed by atoms with E-state index in [2.05, 4.69) is 5.32 Å². The van der Waals surface area contributed by atoms with E-state index in [4.69, 9.17) is 5.73 Å². The fraction of sp³-hybridized carbons (Fsp3) is 0.375. The molecule has 5 heteroatoms. The Bertz CT molecular complexity index is 540. The van der Waals surface area contributed by atoms with Crippen LogP contribution in [-0.2, 0) is 9.59 Å². The minimum atomic E-state index is -0.651. The van der Waals surface area contributed by atoms with Crippen molar-refractivity contribution in [3.63, 3.8) is 0 Å². The molecule has 2 amide bonds. The predicted octanol–water partition coefficient (Wildman–Crippen LogP) is 0.978. The van der Waals surface area contributed by atoms with Gasteiger partial charge < -0.3 is 16.0 Å². The number of hydrogen-bond donors (Lipinski definition) is 2. The molecule has 0 saturated heterocycles. The first-order valence-electron chi connectivity index (χ1n) is 7.05. The molecule has 1 aliphatic heterocycles. The van der Waals surface area contributed by atoms with Gasteiger partial charge in [0.15, 0.2) is 0 Å². The summed E-state index contributed by atoms with van der Waals surface area (Å²) in [5.74, 6) is -0.462. The first-order valence-corrected chi connectivity index (χ1v) is 7.05. The standard InChI is InChI=1S/C16H21N3O2/c1-11(17)15(20)18-13-9-6-10-14(19(2)16(13)21)12-7-4-3-5-8-12/h3-9,11,13-14H,10,17H2,1-2H3,(H,18,20)/t11-,13-,14+/m0/s1. The molecule has 0 aliphatic carbocycles. The van der Waals surface area contributed by atoms with E-state index in [1.165, 1.54) is 0 Å². The molecule has 21 heavy (non-hydrogen) atoms. The van der Waals surface area contributed by atoms with E-state index >= 15 is 0 Å². The number of hydrogen-bond acceptors (Lipinski definition) is 3. The van der Waals surface area contributed by atoms with Gasteiger partial charge in [-0.1, -0.05) is 42.5 Å². The van der Waals surface area contributed by atoms with Crippen LogP contribution in [0.25, 0.3) is 0 Å². The number of carbonyl (C=O) groups is 2. The molecular weight excluding hydrogens is 266 g/mol. The molecule has 1 aromatic carbocycles. The fourth-order valence-electron chi connectivity index (χ4n) is 2.39. The first kappa shape index (κ1) is 15.3. The number of nitrogens with one attached hydrogen (secondary N) is 1. The maximum Gasteiger partial charge on any atom is 0.249 e. The molecule has 1 heterocycles. The van der Waals surface area contributed by atoms with Crippen LogP contribution in [-0.4, -0.2) is 35.8 Å². The molecule has 112 valence electrons. The van der Waals surface area contributed by atoms with Crippen LogP contribution in [0.1, 0.15) is 24.9 Å². The predicted molar refractivity (Wildman–Crippen MR) is 81.3 cm³/mol. The van der Waals surface area contributed by atoms with Crippen LogP contribution in [0.3, 0.4) is 0 Å². The van der Waals surface area contributed by atoms with E-state index in [1.807, 2.05) is 36.4 Å². The van der Waals surface area contributed by atoms with Crippen molar-refractivity contribution in [2.45, 2.75) is 31.5 Å². The highest BCUT2D eigenvalue weighted by Gasteiger charge is 2.29. The summed E-state index contributed by atoms with van der Waals surface area (Å²) in [5.41, 5.74) is 6.61. The molecular formula is C16H21N3O2.